The van der Waals surface area contributed by atoms with Gasteiger partial charge in [0.25, 0.3) is 0 Å². The van der Waals surface area contributed by atoms with Crippen molar-refractivity contribution in [2.45, 2.75) is 0 Å². The van der Waals surface area contributed by atoms with E-state index in [4.69, 9.17) is 11.6 Å². The van der Waals surface area contributed by atoms with E-state index >= 15 is 0 Å². The molecule has 4 nitrogen and oxygen atoms in total. The molecule has 0 aliphatic heterocycles. The zero-order chi connectivity index (χ0) is 17.3. The van der Waals surface area contributed by atoms with Gasteiger partial charge < -0.3 is 0 Å². The van der Waals surface area contributed by atoms with Crippen LogP contribution in [0.4, 0.5) is 10.1 Å². The van der Waals surface area contributed by atoms with Gasteiger partial charge in [0.15, 0.2) is 0 Å². The first-order valence-corrected chi connectivity index (χ1v) is 9.95. The lowest BCUT2D eigenvalue weighted by atomic mass is 10.1. The van der Waals surface area contributed by atoms with E-state index < -0.39 is 16.0 Å². The van der Waals surface area contributed by atoms with Gasteiger partial charge >= 0.3 is 0 Å². The predicted molar refractivity (Wildman–Crippen MR) is 96.4 cm³/mol. The van der Waals surface area contributed by atoms with Gasteiger partial charge in [0.2, 0.25) is 16.0 Å². The molecular formula is C16H12ClFN2O2S2. The summed E-state index contributed by atoms with van der Waals surface area (Å²) >= 11 is 7.75. The highest BCUT2D eigenvalue weighted by Crippen LogP contribution is 2.37. The summed E-state index contributed by atoms with van der Waals surface area (Å²) < 4.78 is 38.2. The number of hydrogen-bond donors (Lipinski definition) is 1. The lowest BCUT2D eigenvalue weighted by molar-refractivity contribution is 0.584. The average Bonchev–Trinajstić information content (AvgIpc) is 2.95. The van der Waals surface area contributed by atoms with Crippen LogP contribution in [0.2, 0.25) is 5.02 Å². The van der Waals surface area contributed by atoms with E-state index in [-0.39, 0.29) is 0 Å². The van der Waals surface area contributed by atoms with Crippen molar-refractivity contribution in [2.75, 3.05) is 11.0 Å². The highest BCUT2D eigenvalue weighted by atomic mass is 35.5. The van der Waals surface area contributed by atoms with Crippen LogP contribution < -0.4 is 4.72 Å². The summed E-state index contributed by atoms with van der Waals surface area (Å²) in [6, 6.07) is 9.96. The summed E-state index contributed by atoms with van der Waals surface area (Å²) in [6.45, 7) is 0. The Hall–Kier alpha value is -1.96. The number of halogens is 2. The third-order valence-electron chi connectivity index (χ3n) is 3.20. The Morgan fingerprint density at radius 1 is 1.17 bits per heavy atom. The highest BCUT2D eigenvalue weighted by Gasteiger charge is 2.11. The second kappa shape index (κ2) is 6.51. The molecule has 2 aromatic heterocycles. The maximum atomic E-state index is 13.2. The van der Waals surface area contributed by atoms with Gasteiger partial charge in [-0.2, -0.15) is 4.39 Å². The van der Waals surface area contributed by atoms with Gasteiger partial charge in [-0.1, -0.05) is 11.6 Å². The monoisotopic (exact) mass is 382 g/mol. The molecule has 0 atom stereocenters. The minimum absolute atomic E-state index is 0.402. The summed E-state index contributed by atoms with van der Waals surface area (Å²) in [5.74, 6) is -0.533. The molecular weight excluding hydrogens is 371 g/mol. The summed E-state index contributed by atoms with van der Waals surface area (Å²) in [7, 11) is -3.35. The number of nitrogens with zero attached hydrogens (tertiary/aromatic N) is 1. The summed E-state index contributed by atoms with van der Waals surface area (Å²) in [4.78, 5) is 4.44. The average molecular weight is 383 g/mol. The van der Waals surface area contributed by atoms with Gasteiger partial charge in [0.1, 0.15) is 0 Å². The molecule has 0 amide bonds. The lowest BCUT2D eigenvalue weighted by Gasteiger charge is -2.07. The van der Waals surface area contributed by atoms with Crippen molar-refractivity contribution in [1.29, 1.82) is 0 Å². The van der Waals surface area contributed by atoms with Crippen molar-refractivity contribution in [3.63, 3.8) is 0 Å². The van der Waals surface area contributed by atoms with Gasteiger partial charge in [-0.3, -0.25) is 4.72 Å². The van der Waals surface area contributed by atoms with Crippen LogP contribution in [-0.4, -0.2) is 19.7 Å². The molecule has 1 N–H and O–H groups in total. The number of pyridine rings is 1. The fourth-order valence-corrected chi connectivity index (χ4v) is 4.05. The molecule has 3 rings (SSSR count). The number of rotatable bonds is 4. The summed E-state index contributed by atoms with van der Waals surface area (Å²) in [5, 5.41) is 2.33. The molecule has 124 valence electrons. The molecule has 0 aliphatic carbocycles. The number of aromatic nitrogens is 1. The van der Waals surface area contributed by atoms with Crippen LogP contribution in [0.25, 0.3) is 21.6 Å². The van der Waals surface area contributed by atoms with E-state index in [0.717, 1.165) is 27.8 Å². The zero-order valence-corrected chi connectivity index (χ0v) is 14.8. The fourth-order valence-electron chi connectivity index (χ4n) is 2.20. The largest absolute Gasteiger partial charge is 0.284 e. The Morgan fingerprint density at radius 3 is 2.62 bits per heavy atom. The lowest BCUT2D eigenvalue weighted by Crippen LogP contribution is -2.09. The molecule has 0 radical (unpaired) electrons. The van der Waals surface area contributed by atoms with Crippen LogP contribution in [0.3, 0.4) is 0 Å². The van der Waals surface area contributed by atoms with Gasteiger partial charge in [0, 0.05) is 28.4 Å². The van der Waals surface area contributed by atoms with Crippen molar-refractivity contribution in [3.05, 3.63) is 58.9 Å². The number of benzene rings is 1. The van der Waals surface area contributed by atoms with E-state index in [1.54, 1.807) is 24.3 Å². The van der Waals surface area contributed by atoms with Crippen molar-refractivity contribution in [3.8, 4) is 21.6 Å². The molecule has 3 aromatic rings. The maximum Gasteiger partial charge on any atom is 0.229 e. The van der Waals surface area contributed by atoms with Crippen molar-refractivity contribution < 1.29 is 12.8 Å². The Balaban J connectivity index is 1.93. The first-order valence-electron chi connectivity index (χ1n) is 6.80. The van der Waals surface area contributed by atoms with E-state index in [2.05, 4.69) is 9.71 Å². The maximum absolute atomic E-state index is 13.2. The molecule has 0 saturated heterocycles. The molecule has 2 heterocycles. The molecule has 0 unspecified atom stereocenters. The first kappa shape index (κ1) is 16.9. The van der Waals surface area contributed by atoms with Gasteiger partial charge in [0.05, 0.1) is 11.3 Å². The quantitative estimate of drug-likeness (QED) is 0.668. The third kappa shape index (κ3) is 3.92. The fraction of sp³-hybridized carbons (Fsp3) is 0.0625. The van der Waals surface area contributed by atoms with Crippen molar-refractivity contribution in [1.82, 2.24) is 4.98 Å². The second-order valence-electron chi connectivity index (χ2n) is 5.14. The standard InChI is InChI=1S/C16H12ClFN2O2S2/c1-24(21,22)20-12-2-3-13(14(17)8-12)15-6-11(9-23-15)10-4-5-19-16(18)7-10/h2-9,20H,1H3. The van der Waals surface area contributed by atoms with Gasteiger partial charge in [-0.25, -0.2) is 13.4 Å². The minimum Gasteiger partial charge on any atom is -0.284 e. The number of thiophene rings is 1. The molecule has 0 saturated carbocycles. The van der Waals surface area contributed by atoms with Gasteiger partial charge in [-0.05, 0) is 46.8 Å². The number of sulfonamides is 1. The first-order chi connectivity index (χ1) is 11.3. The number of hydrogen-bond acceptors (Lipinski definition) is 4. The molecule has 24 heavy (non-hydrogen) atoms. The normalized spacial score (nSPS) is 11.5. The summed E-state index contributed by atoms with van der Waals surface area (Å²) in [5.41, 5.74) is 2.78. The Morgan fingerprint density at radius 2 is 1.96 bits per heavy atom. The van der Waals surface area contributed by atoms with Crippen LogP contribution in [0.5, 0.6) is 0 Å². The Kier molecular flexibility index (Phi) is 4.58. The molecule has 1 aromatic carbocycles. The minimum atomic E-state index is -3.35. The second-order valence-corrected chi connectivity index (χ2v) is 8.20. The smallest absolute Gasteiger partial charge is 0.229 e. The molecule has 0 aliphatic rings. The van der Waals surface area contributed by atoms with Crippen molar-refractivity contribution in [2.24, 2.45) is 0 Å². The number of nitrogens with one attached hydrogen (secondary N) is 1. The molecule has 0 bridgehead atoms. The zero-order valence-electron chi connectivity index (χ0n) is 12.5. The van der Waals surface area contributed by atoms with E-state index in [1.165, 1.54) is 23.6 Å². The Bertz CT molecular complexity index is 1000. The third-order valence-corrected chi connectivity index (χ3v) is 5.08. The van der Waals surface area contributed by atoms with E-state index in [9.17, 15) is 12.8 Å². The molecule has 0 fully saturated rings. The van der Waals surface area contributed by atoms with Crippen LogP contribution in [0.15, 0.2) is 48.0 Å². The Labute approximate surface area is 148 Å². The van der Waals surface area contributed by atoms with Crippen LogP contribution in [0, 0.1) is 5.95 Å². The number of anilines is 1. The molecule has 8 heteroatoms. The SMILES string of the molecule is CS(=O)(=O)Nc1ccc(-c2cc(-c3ccnc(F)c3)cs2)c(Cl)c1. The van der Waals surface area contributed by atoms with Gasteiger partial charge in [-0.15, -0.1) is 11.3 Å². The van der Waals surface area contributed by atoms with Crippen LogP contribution in [-0.2, 0) is 10.0 Å². The van der Waals surface area contributed by atoms with E-state index in [0.29, 0.717) is 10.7 Å². The van der Waals surface area contributed by atoms with E-state index in [1.807, 2.05) is 11.4 Å². The van der Waals surface area contributed by atoms with Crippen LogP contribution in [0.1, 0.15) is 0 Å². The van der Waals surface area contributed by atoms with Crippen LogP contribution >= 0.6 is 22.9 Å². The highest BCUT2D eigenvalue weighted by molar-refractivity contribution is 7.92. The topological polar surface area (TPSA) is 59.1 Å². The molecule has 0 spiro atoms. The predicted octanol–water partition coefficient (Wildman–Crippen LogP) is 4.64. The van der Waals surface area contributed by atoms with Crippen molar-refractivity contribution >= 4 is 38.6 Å². The summed E-state index contributed by atoms with van der Waals surface area (Å²) in [6.07, 6.45) is 2.49.